The number of amides is 4. The molecule has 1 aliphatic carbocycles. The fourth-order valence-corrected chi connectivity index (χ4v) is 6.81. The lowest BCUT2D eigenvalue weighted by atomic mass is 9.98. The summed E-state index contributed by atoms with van der Waals surface area (Å²) in [6.07, 6.45) is -0.329. The van der Waals surface area contributed by atoms with Crippen molar-refractivity contribution in [1.29, 1.82) is 0 Å². The van der Waals surface area contributed by atoms with Gasteiger partial charge in [0, 0.05) is 24.4 Å². The predicted octanol–water partition coefficient (Wildman–Crippen LogP) is 4.81. The van der Waals surface area contributed by atoms with Crippen molar-refractivity contribution in [2.24, 2.45) is 5.73 Å². The zero-order chi connectivity index (χ0) is 36.8. The van der Waals surface area contributed by atoms with Crippen molar-refractivity contribution in [3.8, 4) is 16.9 Å². The first kappa shape index (κ1) is 37.3. The molecule has 0 aromatic heterocycles. The Bertz CT molecular complexity index is 1780. The second kappa shape index (κ2) is 16.0. The van der Waals surface area contributed by atoms with Crippen molar-refractivity contribution < 1.29 is 47.2 Å². The summed E-state index contributed by atoms with van der Waals surface area (Å²) >= 11 is 0. The van der Waals surface area contributed by atoms with Crippen LogP contribution in [0, 0.1) is 0 Å². The summed E-state index contributed by atoms with van der Waals surface area (Å²) < 4.78 is 32.7. The molecule has 0 bridgehead atoms. The Balaban J connectivity index is 1.25. The Kier molecular flexibility index (Phi) is 11.7. The SMILES string of the molecule is CC(C)(C)OC(=O)NCCCC[C@H](NC(=O)[C@H](Cc1ccc2c(c1)COP(=O)(O)O2)NC(=O)OCC1c2ccccc2-c2ccccc21)C(N)=O. The van der Waals surface area contributed by atoms with Crippen LogP contribution in [0.25, 0.3) is 11.1 Å². The maximum atomic E-state index is 13.7. The molecular formula is C36H43N4O10P. The number of hydrogen-bond donors (Lipinski definition) is 5. The number of phosphoric acid groups is 1. The van der Waals surface area contributed by atoms with Gasteiger partial charge in [0.1, 0.15) is 30.0 Å². The third kappa shape index (κ3) is 10.1. The highest BCUT2D eigenvalue weighted by molar-refractivity contribution is 7.47. The number of carbonyl (C=O) groups excluding carboxylic acids is 4. The molecule has 5 rings (SSSR count). The number of phosphoric ester groups is 1. The van der Waals surface area contributed by atoms with Crippen LogP contribution in [0.15, 0.2) is 66.7 Å². The number of unbranched alkanes of at least 4 members (excludes halogenated alkanes) is 1. The number of hydrogen-bond acceptors (Lipinski definition) is 9. The van der Waals surface area contributed by atoms with E-state index in [1.54, 1.807) is 32.9 Å². The molecule has 6 N–H and O–H groups in total. The molecule has 4 amide bonds. The van der Waals surface area contributed by atoms with Crippen LogP contribution in [-0.4, -0.2) is 59.7 Å². The van der Waals surface area contributed by atoms with E-state index in [-0.39, 0.29) is 44.3 Å². The van der Waals surface area contributed by atoms with Crippen molar-refractivity contribution in [3.63, 3.8) is 0 Å². The Morgan fingerprint density at radius 3 is 2.25 bits per heavy atom. The molecule has 3 aromatic rings. The lowest BCUT2D eigenvalue weighted by molar-refractivity contribution is -0.128. The number of fused-ring (bicyclic) bond motifs is 4. The highest BCUT2D eigenvalue weighted by Gasteiger charge is 2.32. The molecule has 0 saturated heterocycles. The molecule has 3 atom stereocenters. The van der Waals surface area contributed by atoms with Gasteiger partial charge in [0.05, 0.1) is 6.61 Å². The van der Waals surface area contributed by atoms with Crippen molar-refractivity contribution in [2.45, 2.75) is 76.7 Å². The number of rotatable bonds is 13. The first-order valence-corrected chi connectivity index (χ1v) is 18.2. The van der Waals surface area contributed by atoms with Crippen LogP contribution in [0.3, 0.4) is 0 Å². The third-order valence-corrected chi connectivity index (χ3v) is 9.24. The van der Waals surface area contributed by atoms with Crippen molar-refractivity contribution in [2.75, 3.05) is 13.2 Å². The standard InChI is InChI=1S/C36H43N4O10P/c1-36(2,3)49-34(43)38-17-9-8-14-29(32(37)41)39-33(42)30(19-22-15-16-31-23(18-22)20-48-51(45,46)50-31)40-35(44)47-21-28-26-12-6-4-10-24(26)25-11-5-7-13-27(25)28/h4-7,10-13,15-16,18,28-30H,8-9,14,17,19-21H2,1-3H3,(H2,37,41)(H,38,43)(H,39,42)(H,40,44)(H,45,46)/t29-,30-/m0/s1. The fourth-order valence-electron chi connectivity index (χ4n) is 6.03. The summed E-state index contributed by atoms with van der Waals surface area (Å²) in [6, 6.07) is 18.2. The number of benzene rings is 3. The summed E-state index contributed by atoms with van der Waals surface area (Å²) in [7, 11) is -4.22. The molecule has 1 aliphatic heterocycles. The smallest absolute Gasteiger partial charge is 0.449 e. The quantitative estimate of drug-likeness (QED) is 0.120. The van der Waals surface area contributed by atoms with Gasteiger partial charge >= 0.3 is 20.0 Å². The van der Waals surface area contributed by atoms with Crippen LogP contribution in [0.4, 0.5) is 9.59 Å². The number of alkyl carbamates (subject to hydrolysis) is 2. The maximum absolute atomic E-state index is 13.7. The van der Waals surface area contributed by atoms with E-state index < -0.39 is 49.5 Å². The molecule has 2 aliphatic rings. The van der Waals surface area contributed by atoms with E-state index in [0.717, 1.165) is 22.3 Å². The molecule has 0 spiro atoms. The van der Waals surface area contributed by atoms with E-state index in [0.29, 0.717) is 24.0 Å². The molecule has 0 saturated carbocycles. The third-order valence-electron chi connectivity index (χ3n) is 8.36. The average Bonchev–Trinajstić information content (AvgIpc) is 3.38. The van der Waals surface area contributed by atoms with Crippen LogP contribution >= 0.6 is 7.82 Å². The largest absolute Gasteiger partial charge is 0.527 e. The first-order valence-electron chi connectivity index (χ1n) is 16.7. The van der Waals surface area contributed by atoms with Crippen molar-refractivity contribution in [1.82, 2.24) is 16.0 Å². The lowest BCUT2D eigenvalue weighted by Crippen LogP contribution is -2.53. The van der Waals surface area contributed by atoms with E-state index in [4.69, 9.17) is 24.3 Å². The molecule has 1 heterocycles. The maximum Gasteiger partial charge on any atom is 0.527 e. The number of primary amides is 1. The van der Waals surface area contributed by atoms with Crippen molar-refractivity contribution in [3.05, 3.63) is 89.0 Å². The Labute approximate surface area is 296 Å². The van der Waals surface area contributed by atoms with Gasteiger partial charge in [-0.3, -0.25) is 19.0 Å². The molecular weight excluding hydrogens is 679 g/mol. The average molecular weight is 723 g/mol. The molecule has 3 aromatic carbocycles. The van der Waals surface area contributed by atoms with Crippen LogP contribution < -0.4 is 26.2 Å². The van der Waals surface area contributed by atoms with Crippen molar-refractivity contribution >= 4 is 31.8 Å². The van der Waals surface area contributed by atoms with Crippen LogP contribution in [0.1, 0.15) is 68.2 Å². The van der Waals surface area contributed by atoms with E-state index >= 15 is 0 Å². The first-order chi connectivity index (χ1) is 24.2. The molecule has 1 unspecified atom stereocenters. The molecule has 272 valence electrons. The normalized spacial score (nSPS) is 17.4. The number of nitrogens with two attached hydrogens (primary N) is 1. The minimum absolute atomic E-state index is 0.0180. The van der Waals surface area contributed by atoms with E-state index in [9.17, 15) is 28.6 Å². The minimum Gasteiger partial charge on any atom is -0.449 e. The van der Waals surface area contributed by atoms with Gasteiger partial charge in [-0.15, -0.1) is 0 Å². The second-order valence-corrected chi connectivity index (χ2v) is 14.8. The molecule has 0 fully saturated rings. The molecule has 14 nitrogen and oxygen atoms in total. The van der Waals surface area contributed by atoms with Gasteiger partial charge in [-0.2, -0.15) is 0 Å². The van der Waals surface area contributed by atoms with Gasteiger partial charge in [-0.1, -0.05) is 54.6 Å². The number of nitrogens with one attached hydrogen (secondary N) is 3. The summed E-state index contributed by atoms with van der Waals surface area (Å²) in [6.45, 7) is 5.38. The van der Waals surface area contributed by atoms with Gasteiger partial charge in [0.15, 0.2) is 0 Å². The predicted molar refractivity (Wildman–Crippen MR) is 187 cm³/mol. The monoisotopic (exact) mass is 722 g/mol. The van der Waals surface area contributed by atoms with Crippen LogP contribution in [0.5, 0.6) is 5.75 Å². The summed E-state index contributed by atoms with van der Waals surface area (Å²) in [4.78, 5) is 60.9. The lowest BCUT2D eigenvalue weighted by Gasteiger charge is -2.24. The van der Waals surface area contributed by atoms with Gasteiger partial charge < -0.3 is 35.7 Å². The topological polar surface area (TPSA) is 205 Å². The van der Waals surface area contributed by atoms with E-state index in [2.05, 4.69) is 16.0 Å². The summed E-state index contributed by atoms with van der Waals surface area (Å²) in [5, 5.41) is 7.95. The Morgan fingerprint density at radius 1 is 0.941 bits per heavy atom. The highest BCUT2D eigenvalue weighted by atomic mass is 31.2. The summed E-state index contributed by atoms with van der Waals surface area (Å²) in [5.41, 5.74) is 10.2. The van der Waals surface area contributed by atoms with Crippen LogP contribution in [0.2, 0.25) is 0 Å². The minimum atomic E-state index is -4.22. The van der Waals surface area contributed by atoms with E-state index in [1.807, 2.05) is 48.5 Å². The number of carbonyl (C=O) groups is 4. The van der Waals surface area contributed by atoms with Gasteiger partial charge in [-0.25, -0.2) is 14.2 Å². The zero-order valence-electron chi connectivity index (χ0n) is 28.7. The van der Waals surface area contributed by atoms with Gasteiger partial charge in [0.25, 0.3) is 0 Å². The van der Waals surface area contributed by atoms with Crippen LogP contribution in [-0.2, 0) is 41.2 Å². The molecule has 51 heavy (non-hydrogen) atoms. The van der Waals surface area contributed by atoms with Gasteiger partial charge in [-0.05, 0) is 80.0 Å². The van der Waals surface area contributed by atoms with E-state index in [1.165, 1.54) is 6.07 Å². The Hall–Kier alpha value is -4.91. The highest BCUT2D eigenvalue weighted by Crippen LogP contribution is 2.50. The zero-order valence-corrected chi connectivity index (χ0v) is 29.6. The number of ether oxygens (including phenoxy) is 2. The van der Waals surface area contributed by atoms with Gasteiger partial charge in [0.2, 0.25) is 11.8 Å². The summed E-state index contributed by atoms with van der Waals surface area (Å²) in [5.74, 6) is -1.48. The Morgan fingerprint density at radius 2 is 1.61 bits per heavy atom. The molecule has 15 heteroatoms. The molecule has 0 radical (unpaired) electrons. The second-order valence-electron chi connectivity index (χ2n) is 13.4. The fraction of sp³-hybridized carbons (Fsp3) is 0.389.